The number of hydrogen-bond acceptors (Lipinski definition) is 4. The molecule has 1 saturated heterocycles. The molecule has 1 unspecified atom stereocenters. The van der Waals surface area contributed by atoms with Gasteiger partial charge in [0.2, 0.25) is 0 Å². The van der Waals surface area contributed by atoms with Crippen molar-refractivity contribution in [2.45, 2.75) is 38.6 Å². The number of nitrogens with two attached hydrogens (primary N) is 2. The summed E-state index contributed by atoms with van der Waals surface area (Å²) in [5.74, 6) is 0.186. The van der Waals surface area contributed by atoms with E-state index >= 15 is 4.39 Å². The number of aromatic nitrogens is 1. The van der Waals surface area contributed by atoms with E-state index in [4.69, 9.17) is 11.5 Å². The summed E-state index contributed by atoms with van der Waals surface area (Å²) < 4.78 is 17.0. The van der Waals surface area contributed by atoms with Crippen molar-refractivity contribution in [3.8, 4) is 0 Å². The van der Waals surface area contributed by atoms with Crippen molar-refractivity contribution in [2.24, 2.45) is 17.4 Å². The first-order valence-corrected chi connectivity index (χ1v) is 9.57. The van der Waals surface area contributed by atoms with Crippen LogP contribution in [-0.4, -0.2) is 30.7 Å². The number of nitrogens with zero attached hydrogens (tertiary/aromatic N) is 2. The molecule has 2 heterocycles. The molecule has 0 radical (unpaired) electrons. The number of rotatable bonds is 5. The van der Waals surface area contributed by atoms with Gasteiger partial charge in [-0.05, 0) is 68.8 Å². The molecule has 26 heavy (non-hydrogen) atoms. The van der Waals surface area contributed by atoms with Gasteiger partial charge in [-0.2, -0.15) is 0 Å². The summed E-state index contributed by atoms with van der Waals surface area (Å²) in [6, 6.07) is 3.49. The minimum absolute atomic E-state index is 0.00497. The van der Waals surface area contributed by atoms with Crippen molar-refractivity contribution in [3.05, 3.63) is 39.4 Å². The lowest BCUT2D eigenvalue weighted by molar-refractivity contribution is 0.597. The second-order valence-electron chi connectivity index (χ2n) is 7.71. The van der Waals surface area contributed by atoms with E-state index < -0.39 is 0 Å². The molecule has 1 atom stereocenters. The van der Waals surface area contributed by atoms with Crippen LogP contribution in [0.2, 0.25) is 0 Å². The number of aryl methyl sites for hydroxylation is 1. The molecule has 140 valence electrons. The van der Waals surface area contributed by atoms with E-state index in [9.17, 15) is 4.79 Å². The van der Waals surface area contributed by atoms with Crippen LogP contribution in [0, 0.1) is 18.7 Å². The maximum Gasteiger partial charge on any atom is 0.251 e. The lowest BCUT2D eigenvalue weighted by atomic mass is 10.0. The second-order valence-corrected chi connectivity index (χ2v) is 7.71. The SMILES string of the molecule is Cc1c(N2CCC(CN)C2)c(F)cc2c(CCN)cc(=O)n(C3CC3)c12. The number of halogens is 1. The highest BCUT2D eigenvalue weighted by Crippen LogP contribution is 2.40. The van der Waals surface area contributed by atoms with Gasteiger partial charge in [0.1, 0.15) is 5.82 Å². The third-order valence-electron chi connectivity index (χ3n) is 5.85. The topological polar surface area (TPSA) is 77.3 Å². The van der Waals surface area contributed by atoms with Gasteiger partial charge in [-0.3, -0.25) is 4.79 Å². The summed E-state index contributed by atoms with van der Waals surface area (Å²) in [6.45, 7) is 4.59. The van der Waals surface area contributed by atoms with Crippen LogP contribution in [0.5, 0.6) is 0 Å². The highest BCUT2D eigenvalue weighted by molar-refractivity contribution is 5.90. The quantitative estimate of drug-likeness (QED) is 0.858. The highest BCUT2D eigenvalue weighted by Gasteiger charge is 2.31. The van der Waals surface area contributed by atoms with Gasteiger partial charge in [-0.1, -0.05) is 0 Å². The summed E-state index contributed by atoms with van der Waals surface area (Å²) in [5, 5.41) is 0.829. The Morgan fingerprint density at radius 1 is 1.23 bits per heavy atom. The maximum absolute atomic E-state index is 15.1. The summed E-state index contributed by atoms with van der Waals surface area (Å²) in [6.07, 6.45) is 3.58. The molecule has 1 aliphatic carbocycles. The van der Waals surface area contributed by atoms with Crippen molar-refractivity contribution >= 4 is 16.6 Å². The zero-order valence-corrected chi connectivity index (χ0v) is 15.3. The second kappa shape index (κ2) is 6.67. The fourth-order valence-electron chi connectivity index (χ4n) is 4.39. The molecule has 6 heteroatoms. The Balaban J connectivity index is 1.95. The molecule has 1 aromatic heterocycles. The molecular formula is C20H27FN4O. The monoisotopic (exact) mass is 358 g/mol. The van der Waals surface area contributed by atoms with Crippen LogP contribution >= 0.6 is 0 Å². The van der Waals surface area contributed by atoms with Gasteiger partial charge in [0.25, 0.3) is 5.56 Å². The van der Waals surface area contributed by atoms with Crippen LogP contribution in [0.15, 0.2) is 16.9 Å². The lowest BCUT2D eigenvalue weighted by Gasteiger charge is -2.25. The Labute approximate surface area is 152 Å². The largest absolute Gasteiger partial charge is 0.369 e. The van der Waals surface area contributed by atoms with Crippen molar-refractivity contribution in [3.63, 3.8) is 0 Å². The van der Waals surface area contributed by atoms with Gasteiger partial charge >= 0.3 is 0 Å². The average molecular weight is 358 g/mol. The van der Waals surface area contributed by atoms with Crippen LogP contribution < -0.4 is 21.9 Å². The predicted molar refractivity (Wildman–Crippen MR) is 103 cm³/mol. The summed E-state index contributed by atoms with van der Waals surface area (Å²) in [4.78, 5) is 14.9. The van der Waals surface area contributed by atoms with E-state index in [-0.39, 0.29) is 17.4 Å². The molecule has 4 N–H and O–H groups in total. The molecule has 0 amide bonds. The number of benzene rings is 1. The molecule has 1 aromatic carbocycles. The minimum atomic E-state index is -0.216. The van der Waals surface area contributed by atoms with Gasteiger partial charge in [0, 0.05) is 30.6 Å². The van der Waals surface area contributed by atoms with Crippen molar-refractivity contribution < 1.29 is 4.39 Å². The number of hydrogen-bond donors (Lipinski definition) is 2. The zero-order valence-electron chi connectivity index (χ0n) is 15.3. The molecule has 2 aromatic rings. The van der Waals surface area contributed by atoms with Crippen LogP contribution in [0.25, 0.3) is 10.9 Å². The average Bonchev–Trinajstić information content (AvgIpc) is 3.33. The van der Waals surface area contributed by atoms with E-state index in [2.05, 4.69) is 4.90 Å². The Morgan fingerprint density at radius 2 is 2.00 bits per heavy atom. The van der Waals surface area contributed by atoms with Crippen LogP contribution in [-0.2, 0) is 6.42 Å². The van der Waals surface area contributed by atoms with Gasteiger partial charge in [0.15, 0.2) is 0 Å². The fourth-order valence-corrected chi connectivity index (χ4v) is 4.39. The Bertz CT molecular complexity index is 903. The summed E-state index contributed by atoms with van der Waals surface area (Å²) in [5.41, 5.74) is 14.8. The minimum Gasteiger partial charge on any atom is -0.369 e. The van der Waals surface area contributed by atoms with Crippen molar-refractivity contribution in [1.29, 1.82) is 0 Å². The zero-order chi connectivity index (χ0) is 18.4. The Hall–Kier alpha value is -1.92. The third kappa shape index (κ3) is 2.81. The third-order valence-corrected chi connectivity index (χ3v) is 5.85. The summed E-state index contributed by atoms with van der Waals surface area (Å²) >= 11 is 0. The van der Waals surface area contributed by atoms with Crippen LogP contribution in [0.1, 0.15) is 36.4 Å². The normalized spacial score (nSPS) is 20.3. The van der Waals surface area contributed by atoms with Crippen molar-refractivity contribution in [2.75, 3.05) is 31.1 Å². The molecule has 2 aliphatic rings. The van der Waals surface area contributed by atoms with Crippen LogP contribution in [0.3, 0.4) is 0 Å². The number of fused-ring (bicyclic) bond motifs is 1. The van der Waals surface area contributed by atoms with E-state index in [0.717, 1.165) is 54.4 Å². The molecule has 5 nitrogen and oxygen atoms in total. The smallest absolute Gasteiger partial charge is 0.251 e. The standard InChI is InChI=1S/C20H27FN4O/c1-12-19-16(9-17(21)20(12)24-7-5-13(10-23)11-24)14(4-6-22)8-18(26)25(19)15-2-3-15/h8-9,13,15H,2-7,10-11,22-23H2,1H3. The number of anilines is 1. The van der Waals surface area contributed by atoms with E-state index in [1.807, 2.05) is 11.5 Å². The van der Waals surface area contributed by atoms with Gasteiger partial charge in [-0.15, -0.1) is 0 Å². The molecule has 1 saturated carbocycles. The molecule has 0 bridgehead atoms. The molecule has 2 fully saturated rings. The first kappa shape index (κ1) is 17.5. The molecule has 4 rings (SSSR count). The molecular weight excluding hydrogens is 331 g/mol. The maximum atomic E-state index is 15.1. The van der Waals surface area contributed by atoms with E-state index in [1.54, 1.807) is 12.1 Å². The lowest BCUT2D eigenvalue weighted by Crippen LogP contribution is -2.26. The van der Waals surface area contributed by atoms with E-state index in [0.29, 0.717) is 31.1 Å². The Kier molecular flexibility index (Phi) is 4.49. The summed E-state index contributed by atoms with van der Waals surface area (Å²) in [7, 11) is 0. The molecule has 0 spiro atoms. The first-order valence-electron chi connectivity index (χ1n) is 9.57. The Morgan fingerprint density at radius 3 is 2.62 bits per heavy atom. The fraction of sp³-hybridized carbons (Fsp3) is 0.550. The van der Waals surface area contributed by atoms with Gasteiger partial charge < -0.3 is 20.9 Å². The number of pyridine rings is 1. The predicted octanol–water partition coefficient (Wildman–Crippen LogP) is 2.07. The highest BCUT2D eigenvalue weighted by atomic mass is 19.1. The van der Waals surface area contributed by atoms with Gasteiger partial charge in [-0.25, -0.2) is 4.39 Å². The van der Waals surface area contributed by atoms with Crippen LogP contribution in [0.4, 0.5) is 10.1 Å². The van der Waals surface area contributed by atoms with Crippen molar-refractivity contribution in [1.82, 2.24) is 4.57 Å². The van der Waals surface area contributed by atoms with Gasteiger partial charge in [0.05, 0.1) is 11.2 Å². The molecule has 1 aliphatic heterocycles. The van der Waals surface area contributed by atoms with E-state index in [1.165, 1.54) is 0 Å². The first-order chi connectivity index (χ1) is 12.5.